The molecule has 2 heterocycles. The maximum atomic E-state index is 12.6. The predicted molar refractivity (Wildman–Crippen MR) is 140 cm³/mol. The number of nitrogens with zero attached hydrogens (tertiary/aromatic N) is 4. The van der Waals surface area contributed by atoms with Crippen LogP contribution >= 0.6 is 46.9 Å². The van der Waals surface area contributed by atoms with Crippen molar-refractivity contribution in [2.45, 2.75) is 32.6 Å². The summed E-state index contributed by atoms with van der Waals surface area (Å²) in [6.45, 7) is 5.94. The number of benzene rings is 1. The third-order valence-corrected chi connectivity index (χ3v) is 6.42. The summed E-state index contributed by atoms with van der Waals surface area (Å²) in [6.07, 6.45) is 3.62. The highest BCUT2D eigenvalue weighted by Gasteiger charge is 2.23. The fourth-order valence-electron chi connectivity index (χ4n) is 3.55. The van der Waals surface area contributed by atoms with E-state index in [4.69, 9.17) is 11.6 Å². The van der Waals surface area contributed by atoms with Crippen molar-refractivity contribution in [2.24, 2.45) is 4.99 Å². The van der Waals surface area contributed by atoms with E-state index in [0.717, 1.165) is 56.1 Å². The van der Waals surface area contributed by atoms with Crippen LogP contribution < -0.4 is 5.32 Å². The van der Waals surface area contributed by atoms with Crippen LogP contribution in [0.4, 0.5) is 0 Å². The highest BCUT2D eigenvalue weighted by molar-refractivity contribution is 14.0. The van der Waals surface area contributed by atoms with Crippen LogP contribution in [0.1, 0.15) is 29.1 Å². The number of rotatable bonds is 7. The van der Waals surface area contributed by atoms with Gasteiger partial charge in [-0.05, 0) is 43.9 Å². The molecule has 0 atom stereocenters. The van der Waals surface area contributed by atoms with Gasteiger partial charge in [0.25, 0.3) is 0 Å². The van der Waals surface area contributed by atoms with Gasteiger partial charge in [-0.3, -0.25) is 9.79 Å². The fourth-order valence-corrected chi connectivity index (χ4v) is 4.58. The number of amides is 1. The minimum absolute atomic E-state index is 0. The topological polar surface area (TPSA) is 60.8 Å². The van der Waals surface area contributed by atoms with E-state index in [0.29, 0.717) is 24.5 Å². The average Bonchev–Trinajstić information content (AvgIpc) is 3.16. The summed E-state index contributed by atoms with van der Waals surface area (Å²) in [4.78, 5) is 25.7. The van der Waals surface area contributed by atoms with E-state index in [-0.39, 0.29) is 29.9 Å². The van der Waals surface area contributed by atoms with Gasteiger partial charge in [-0.25, -0.2) is 4.98 Å². The molecular weight excluding hydrogens is 545 g/mol. The number of hydrogen-bond donors (Lipinski definition) is 1. The second kappa shape index (κ2) is 13.2. The molecule has 1 amide bonds. The first-order chi connectivity index (χ1) is 14.5. The Bertz CT molecular complexity index is 867. The highest BCUT2D eigenvalue weighted by atomic mass is 127. The molecule has 2 aromatic rings. The lowest BCUT2D eigenvalue weighted by Crippen LogP contribution is -2.54. The summed E-state index contributed by atoms with van der Waals surface area (Å²) < 4.78 is 0. The van der Waals surface area contributed by atoms with E-state index in [9.17, 15) is 4.79 Å². The Labute approximate surface area is 211 Å². The number of halogens is 2. The van der Waals surface area contributed by atoms with Crippen LogP contribution in [-0.2, 0) is 17.6 Å². The van der Waals surface area contributed by atoms with E-state index in [2.05, 4.69) is 25.6 Å². The zero-order valence-corrected chi connectivity index (χ0v) is 22.0. The van der Waals surface area contributed by atoms with Crippen molar-refractivity contribution in [1.29, 1.82) is 0 Å². The molecule has 1 saturated heterocycles. The number of thiazole rings is 1. The summed E-state index contributed by atoms with van der Waals surface area (Å²) in [7, 11) is 1.82. The molecule has 9 heteroatoms. The van der Waals surface area contributed by atoms with Crippen LogP contribution in [0, 0.1) is 6.92 Å². The number of hydrogen-bond acceptors (Lipinski definition) is 4. The standard InChI is InChI=1S/C22H30ClN5OS.HI/c1-17-16-30-20(26-17)8-3-4-9-25-22(24-2)28-12-10-27(11-13-28)21(29)15-18-6-5-7-19(23)14-18;/h5-7,14,16H,3-4,8-13,15H2,1-2H3,(H,24,25);1H. The Morgan fingerprint density at radius 3 is 2.61 bits per heavy atom. The number of aromatic nitrogens is 1. The maximum absolute atomic E-state index is 12.6. The zero-order valence-electron chi connectivity index (χ0n) is 18.1. The van der Waals surface area contributed by atoms with Gasteiger partial charge in [0.15, 0.2) is 5.96 Å². The Hall–Kier alpha value is -1.39. The second-order valence-electron chi connectivity index (χ2n) is 7.49. The molecule has 1 aromatic heterocycles. The first kappa shape index (κ1) is 25.9. The molecule has 1 fully saturated rings. The lowest BCUT2D eigenvalue weighted by Gasteiger charge is -2.36. The summed E-state index contributed by atoms with van der Waals surface area (Å²) in [5.41, 5.74) is 2.07. The van der Waals surface area contributed by atoms with Crippen molar-refractivity contribution >= 4 is 58.8 Å². The molecule has 0 radical (unpaired) electrons. The Morgan fingerprint density at radius 1 is 1.23 bits per heavy atom. The average molecular weight is 576 g/mol. The summed E-state index contributed by atoms with van der Waals surface area (Å²) >= 11 is 7.77. The third-order valence-electron chi connectivity index (χ3n) is 5.16. The van der Waals surface area contributed by atoms with E-state index < -0.39 is 0 Å². The molecule has 0 bridgehead atoms. The number of aliphatic imine (C=N–C) groups is 1. The van der Waals surface area contributed by atoms with Gasteiger partial charge in [0, 0.05) is 55.9 Å². The SMILES string of the molecule is CN=C(NCCCCc1nc(C)cs1)N1CCN(C(=O)Cc2cccc(Cl)c2)CC1.I. The number of guanidine groups is 1. The quantitative estimate of drug-likeness (QED) is 0.235. The van der Waals surface area contributed by atoms with Gasteiger partial charge in [0.1, 0.15) is 0 Å². The number of piperazine rings is 1. The second-order valence-corrected chi connectivity index (χ2v) is 8.87. The Morgan fingerprint density at radius 2 is 1.97 bits per heavy atom. The predicted octanol–water partition coefficient (Wildman–Crippen LogP) is 4.01. The Kier molecular flexibility index (Phi) is 11.0. The first-order valence-corrected chi connectivity index (χ1v) is 11.7. The van der Waals surface area contributed by atoms with Crippen LogP contribution in [0.25, 0.3) is 0 Å². The van der Waals surface area contributed by atoms with Gasteiger partial charge in [-0.15, -0.1) is 35.3 Å². The fraction of sp³-hybridized carbons (Fsp3) is 0.500. The molecule has 1 aliphatic rings. The molecule has 3 rings (SSSR count). The largest absolute Gasteiger partial charge is 0.356 e. The molecule has 0 saturated carbocycles. The molecule has 170 valence electrons. The van der Waals surface area contributed by atoms with Gasteiger partial charge in [-0.1, -0.05) is 23.7 Å². The molecule has 1 aliphatic heterocycles. The van der Waals surface area contributed by atoms with Crippen molar-refractivity contribution in [3.8, 4) is 0 Å². The first-order valence-electron chi connectivity index (χ1n) is 10.4. The normalized spacial score (nSPS) is 14.4. The van der Waals surface area contributed by atoms with Crippen LogP contribution in [0.2, 0.25) is 5.02 Å². The van der Waals surface area contributed by atoms with Crippen molar-refractivity contribution in [1.82, 2.24) is 20.1 Å². The molecule has 1 N–H and O–H groups in total. The van der Waals surface area contributed by atoms with Gasteiger partial charge >= 0.3 is 0 Å². The van der Waals surface area contributed by atoms with E-state index in [1.54, 1.807) is 11.3 Å². The van der Waals surface area contributed by atoms with Crippen LogP contribution in [0.15, 0.2) is 34.6 Å². The number of carbonyl (C=O) groups excluding carboxylic acids is 1. The van der Waals surface area contributed by atoms with E-state index in [1.165, 1.54) is 5.01 Å². The van der Waals surface area contributed by atoms with Crippen molar-refractivity contribution < 1.29 is 4.79 Å². The number of unbranched alkanes of at least 4 members (excludes halogenated alkanes) is 1. The molecule has 0 aliphatic carbocycles. The summed E-state index contributed by atoms with van der Waals surface area (Å²) in [5, 5.41) is 7.45. The van der Waals surface area contributed by atoms with Gasteiger partial charge < -0.3 is 15.1 Å². The number of nitrogens with one attached hydrogen (secondary N) is 1. The molecular formula is C22H31ClIN5OS. The Balaban J connectivity index is 0.00000341. The molecule has 6 nitrogen and oxygen atoms in total. The van der Waals surface area contributed by atoms with E-state index >= 15 is 0 Å². The zero-order chi connectivity index (χ0) is 21.3. The van der Waals surface area contributed by atoms with E-state index in [1.807, 2.05) is 43.1 Å². The highest BCUT2D eigenvalue weighted by Crippen LogP contribution is 2.13. The third kappa shape index (κ3) is 8.23. The van der Waals surface area contributed by atoms with Crippen molar-refractivity contribution in [2.75, 3.05) is 39.8 Å². The lowest BCUT2D eigenvalue weighted by atomic mass is 10.1. The minimum Gasteiger partial charge on any atom is -0.356 e. The van der Waals surface area contributed by atoms with Crippen LogP contribution in [0.3, 0.4) is 0 Å². The van der Waals surface area contributed by atoms with Gasteiger partial charge in [0.2, 0.25) is 5.91 Å². The lowest BCUT2D eigenvalue weighted by molar-refractivity contribution is -0.131. The van der Waals surface area contributed by atoms with Crippen molar-refractivity contribution in [3.05, 3.63) is 50.9 Å². The summed E-state index contributed by atoms with van der Waals surface area (Å²) in [6, 6.07) is 7.52. The molecule has 0 unspecified atom stereocenters. The minimum atomic E-state index is 0. The number of carbonyl (C=O) groups is 1. The van der Waals surface area contributed by atoms with Crippen LogP contribution in [0.5, 0.6) is 0 Å². The monoisotopic (exact) mass is 575 g/mol. The molecule has 1 aromatic carbocycles. The van der Waals surface area contributed by atoms with Crippen LogP contribution in [-0.4, -0.2) is 66.4 Å². The maximum Gasteiger partial charge on any atom is 0.227 e. The van der Waals surface area contributed by atoms with Gasteiger partial charge in [0.05, 0.1) is 11.4 Å². The molecule has 0 spiro atoms. The number of aryl methyl sites for hydroxylation is 2. The molecule has 31 heavy (non-hydrogen) atoms. The summed E-state index contributed by atoms with van der Waals surface area (Å²) in [5.74, 6) is 1.07. The van der Waals surface area contributed by atoms with Crippen molar-refractivity contribution in [3.63, 3.8) is 0 Å². The van der Waals surface area contributed by atoms with Gasteiger partial charge in [-0.2, -0.15) is 0 Å². The smallest absolute Gasteiger partial charge is 0.227 e.